The van der Waals surface area contributed by atoms with Crippen LogP contribution in [0.2, 0.25) is 10.2 Å². The minimum Gasteiger partial charge on any atom is -0.350 e. The molecule has 3 rings (SSSR count). The third kappa shape index (κ3) is 3.07. The Kier molecular flexibility index (Phi) is 3.74. The summed E-state index contributed by atoms with van der Waals surface area (Å²) in [6.45, 7) is 3.00. The highest BCUT2D eigenvalue weighted by molar-refractivity contribution is 6.41. The van der Waals surface area contributed by atoms with Crippen molar-refractivity contribution in [3.05, 3.63) is 21.9 Å². The van der Waals surface area contributed by atoms with Crippen molar-refractivity contribution >= 4 is 29.1 Å². The van der Waals surface area contributed by atoms with Crippen molar-refractivity contribution in [1.29, 1.82) is 0 Å². The van der Waals surface area contributed by atoms with Gasteiger partial charge in [0.15, 0.2) is 0 Å². The van der Waals surface area contributed by atoms with E-state index in [4.69, 9.17) is 23.2 Å². The molecule has 1 unspecified atom stereocenters. The fourth-order valence-corrected chi connectivity index (χ4v) is 2.97. The normalized spacial score (nSPS) is 23.8. The lowest BCUT2D eigenvalue weighted by molar-refractivity contribution is 0.0943. The number of aromatic amines is 1. The molecule has 104 valence electrons. The number of carbonyl (C=O) groups excluding carboxylic acids is 1. The van der Waals surface area contributed by atoms with E-state index < -0.39 is 0 Å². The summed E-state index contributed by atoms with van der Waals surface area (Å²) >= 11 is 11.6. The summed E-state index contributed by atoms with van der Waals surface area (Å²) in [5, 5.41) is 3.64. The lowest BCUT2D eigenvalue weighted by atomic mass is 10.1. The lowest BCUT2D eigenvalue weighted by Gasteiger charge is -2.14. The number of hydrogen-bond acceptors (Lipinski definition) is 2. The van der Waals surface area contributed by atoms with Gasteiger partial charge < -0.3 is 15.2 Å². The van der Waals surface area contributed by atoms with E-state index >= 15 is 0 Å². The number of H-pyrrole nitrogens is 1. The molecule has 1 aliphatic heterocycles. The monoisotopic (exact) mass is 301 g/mol. The number of carbonyl (C=O) groups is 1. The summed E-state index contributed by atoms with van der Waals surface area (Å²) in [4.78, 5) is 17.2. The molecule has 0 bridgehead atoms. The van der Waals surface area contributed by atoms with Gasteiger partial charge in [0.05, 0.1) is 5.02 Å². The van der Waals surface area contributed by atoms with Crippen LogP contribution in [0.25, 0.3) is 0 Å². The maximum Gasteiger partial charge on any atom is 0.267 e. The summed E-state index contributed by atoms with van der Waals surface area (Å²) in [5.41, 5.74) is 0.423. The number of likely N-dealkylation sites (tertiary alicyclic amines) is 1. The van der Waals surface area contributed by atoms with E-state index in [2.05, 4.69) is 15.2 Å². The molecule has 1 aliphatic carbocycles. The van der Waals surface area contributed by atoms with Crippen LogP contribution < -0.4 is 5.32 Å². The number of hydrogen-bond donors (Lipinski definition) is 2. The largest absolute Gasteiger partial charge is 0.350 e. The minimum absolute atomic E-state index is 0.140. The van der Waals surface area contributed by atoms with Gasteiger partial charge >= 0.3 is 0 Å². The van der Waals surface area contributed by atoms with Gasteiger partial charge in [-0.05, 0) is 37.8 Å². The first-order valence-electron chi connectivity index (χ1n) is 6.69. The second-order valence-electron chi connectivity index (χ2n) is 5.44. The molecule has 0 spiro atoms. The molecule has 1 amide bonds. The maximum absolute atomic E-state index is 11.9. The van der Waals surface area contributed by atoms with Crippen molar-refractivity contribution < 1.29 is 4.79 Å². The van der Waals surface area contributed by atoms with Crippen molar-refractivity contribution in [1.82, 2.24) is 15.2 Å². The van der Waals surface area contributed by atoms with Gasteiger partial charge in [-0.2, -0.15) is 0 Å². The molecule has 2 aliphatic rings. The molecular formula is C13H17Cl2N3O. The highest BCUT2D eigenvalue weighted by Crippen LogP contribution is 2.31. The van der Waals surface area contributed by atoms with E-state index in [-0.39, 0.29) is 5.91 Å². The van der Waals surface area contributed by atoms with Crippen LogP contribution in [0.15, 0.2) is 6.07 Å². The van der Waals surface area contributed by atoms with Crippen LogP contribution in [0.3, 0.4) is 0 Å². The van der Waals surface area contributed by atoms with Gasteiger partial charge in [-0.15, -0.1) is 0 Å². The SMILES string of the molecule is O=C(NCC1CCN(C2CC2)C1)c1cc(Cl)c(Cl)[nH]1. The smallest absolute Gasteiger partial charge is 0.267 e. The Labute approximate surface area is 122 Å². The van der Waals surface area contributed by atoms with Crippen LogP contribution in [-0.2, 0) is 0 Å². The van der Waals surface area contributed by atoms with Crippen LogP contribution in [0.5, 0.6) is 0 Å². The second kappa shape index (κ2) is 5.35. The molecule has 19 heavy (non-hydrogen) atoms. The van der Waals surface area contributed by atoms with Gasteiger partial charge in [-0.25, -0.2) is 0 Å². The Bertz CT molecular complexity index is 465. The van der Waals surface area contributed by atoms with Crippen molar-refractivity contribution in [3.8, 4) is 0 Å². The van der Waals surface area contributed by atoms with E-state index in [1.165, 1.54) is 25.8 Å². The highest BCUT2D eigenvalue weighted by Gasteiger charge is 2.34. The summed E-state index contributed by atoms with van der Waals surface area (Å²) in [6, 6.07) is 2.38. The van der Waals surface area contributed by atoms with E-state index in [1.54, 1.807) is 6.07 Å². The first-order chi connectivity index (χ1) is 9.13. The minimum atomic E-state index is -0.140. The highest BCUT2D eigenvalue weighted by atomic mass is 35.5. The Morgan fingerprint density at radius 1 is 1.42 bits per heavy atom. The maximum atomic E-state index is 11.9. The molecule has 1 saturated heterocycles. The molecule has 1 saturated carbocycles. The summed E-state index contributed by atoms with van der Waals surface area (Å²) < 4.78 is 0. The Balaban J connectivity index is 1.48. The standard InChI is InChI=1S/C13H17Cl2N3O/c14-10-5-11(17-12(10)15)13(19)16-6-8-3-4-18(7-8)9-1-2-9/h5,8-9,17H,1-4,6-7H2,(H,16,19). The fourth-order valence-electron chi connectivity index (χ4n) is 2.66. The van der Waals surface area contributed by atoms with E-state index in [9.17, 15) is 4.79 Å². The summed E-state index contributed by atoms with van der Waals surface area (Å²) in [6.07, 6.45) is 3.86. The van der Waals surface area contributed by atoms with Crippen LogP contribution in [0.4, 0.5) is 0 Å². The topological polar surface area (TPSA) is 48.1 Å². The van der Waals surface area contributed by atoms with Crippen molar-refractivity contribution in [2.45, 2.75) is 25.3 Å². The number of rotatable bonds is 4. The Morgan fingerprint density at radius 2 is 2.21 bits per heavy atom. The fraction of sp³-hybridized carbons (Fsp3) is 0.615. The Morgan fingerprint density at radius 3 is 2.84 bits per heavy atom. The molecule has 2 N–H and O–H groups in total. The molecule has 4 nitrogen and oxygen atoms in total. The van der Waals surface area contributed by atoms with Gasteiger partial charge in [-0.3, -0.25) is 4.79 Å². The first kappa shape index (κ1) is 13.3. The molecule has 0 aromatic carbocycles. The van der Waals surface area contributed by atoms with Gasteiger partial charge in [0.1, 0.15) is 10.8 Å². The van der Waals surface area contributed by atoms with Crippen molar-refractivity contribution in [2.24, 2.45) is 5.92 Å². The van der Waals surface area contributed by atoms with Crippen LogP contribution in [0, 0.1) is 5.92 Å². The summed E-state index contributed by atoms with van der Waals surface area (Å²) in [7, 11) is 0. The average molecular weight is 302 g/mol. The summed E-state index contributed by atoms with van der Waals surface area (Å²) in [5.74, 6) is 0.420. The molecule has 6 heteroatoms. The van der Waals surface area contributed by atoms with Crippen LogP contribution in [0.1, 0.15) is 29.8 Å². The zero-order valence-corrected chi connectivity index (χ0v) is 12.1. The Hall–Kier alpha value is -0.710. The third-order valence-electron chi connectivity index (χ3n) is 3.90. The van der Waals surface area contributed by atoms with Gasteiger partial charge in [0.25, 0.3) is 5.91 Å². The molecule has 1 atom stereocenters. The lowest BCUT2D eigenvalue weighted by Crippen LogP contribution is -2.31. The number of nitrogens with one attached hydrogen (secondary N) is 2. The van der Waals surface area contributed by atoms with Crippen molar-refractivity contribution in [2.75, 3.05) is 19.6 Å². The van der Waals surface area contributed by atoms with Gasteiger partial charge in [-0.1, -0.05) is 23.2 Å². The molecule has 2 fully saturated rings. The zero-order valence-electron chi connectivity index (χ0n) is 10.6. The number of halogens is 2. The molecule has 2 heterocycles. The molecule has 1 aromatic rings. The number of amides is 1. The number of aromatic nitrogens is 1. The molecule has 0 radical (unpaired) electrons. The van der Waals surface area contributed by atoms with E-state index in [0.29, 0.717) is 21.8 Å². The quantitative estimate of drug-likeness (QED) is 0.898. The molecule has 1 aromatic heterocycles. The predicted molar refractivity (Wildman–Crippen MR) is 75.8 cm³/mol. The third-order valence-corrected chi connectivity index (χ3v) is 4.59. The van der Waals surface area contributed by atoms with Crippen molar-refractivity contribution in [3.63, 3.8) is 0 Å². The van der Waals surface area contributed by atoms with E-state index in [1.807, 2.05) is 0 Å². The van der Waals surface area contributed by atoms with Gasteiger partial charge in [0, 0.05) is 19.1 Å². The molecular weight excluding hydrogens is 285 g/mol. The van der Waals surface area contributed by atoms with Crippen LogP contribution >= 0.6 is 23.2 Å². The van der Waals surface area contributed by atoms with Gasteiger partial charge in [0.2, 0.25) is 0 Å². The average Bonchev–Trinajstić information content (AvgIpc) is 3.04. The first-order valence-corrected chi connectivity index (χ1v) is 7.45. The zero-order chi connectivity index (χ0) is 13.4. The number of nitrogens with zero attached hydrogens (tertiary/aromatic N) is 1. The van der Waals surface area contributed by atoms with E-state index in [0.717, 1.165) is 19.1 Å². The predicted octanol–water partition coefficient (Wildman–Crippen LogP) is 2.54. The van der Waals surface area contributed by atoms with Crippen LogP contribution in [-0.4, -0.2) is 41.5 Å². The second-order valence-corrected chi connectivity index (χ2v) is 6.22.